The van der Waals surface area contributed by atoms with Gasteiger partial charge in [-0.05, 0) is 40.4 Å². The van der Waals surface area contributed by atoms with Gasteiger partial charge < -0.3 is 10.2 Å². The predicted molar refractivity (Wildman–Crippen MR) is 60.2 cm³/mol. The molecule has 0 atom stereocenters. The van der Waals surface area contributed by atoms with Crippen LogP contribution in [0.25, 0.3) is 0 Å². The first kappa shape index (κ1) is 12.9. The van der Waals surface area contributed by atoms with Crippen LogP contribution in [-0.4, -0.2) is 37.6 Å². The molecule has 0 rings (SSSR count). The smallest absolute Gasteiger partial charge is 0.0307 e. The van der Waals surface area contributed by atoms with Crippen LogP contribution in [0.2, 0.25) is 0 Å². The Hall–Kier alpha value is -0.0500. The standard InChI is InChI=1S/C10H21ClN2/c1-9(2)13(4)7-5-6-12-8-10(3)11/h9,12H,3,5-8H2,1-2,4H3. The summed E-state index contributed by atoms with van der Waals surface area (Å²) in [5.41, 5.74) is 0. The largest absolute Gasteiger partial charge is 0.312 e. The Balaban J connectivity index is 3.21. The summed E-state index contributed by atoms with van der Waals surface area (Å²) in [6.45, 7) is 10.9. The van der Waals surface area contributed by atoms with Gasteiger partial charge in [0, 0.05) is 17.6 Å². The van der Waals surface area contributed by atoms with E-state index in [9.17, 15) is 0 Å². The Morgan fingerprint density at radius 2 is 2.15 bits per heavy atom. The summed E-state index contributed by atoms with van der Waals surface area (Å²) in [4.78, 5) is 2.33. The van der Waals surface area contributed by atoms with E-state index >= 15 is 0 Å². The van der Waals surface area contributed by atoms with Crippen LogP contribution in [0.5, 0.6) is 0 Å². The molecule has 13 heavy (non-hydrogen) atoms. The number of rotatable bonds is 7. The lowest BCUT2D eigenvalue weighted by molar-refractivity contribution is 0.270. The molecule has 1 N–H and O–H groups in total. The van der Waals surface area contributed by atoms with Gasteiger partial charge in [-0.15, -0.1) is 0 Å². The molecule has 0 amide bonds. The second-order valence-electron chi connectivity index (χ2n) is 3.62. The van der Waals surface area contributed by atoms with E-state index in [0.29, 0.717) is 17.6 Å². The van der Waals surface area contributed by atoms with Crippen molar-refractivity contribution in [3.05, 3.63) is 11.6 Å². The van der Waals surface area contributed by atoms with Gasteiger partial charge in [-0.2, -0.15) is 0 Å². The quantitative estimate of drug-likeness (QED) is 0.639. The van der Waals surface area contributed by atoms with Crippen LogP contribution < -0.4 is 5.32 Å². The zero-order valence-electron chi connectivity index (χ0n) is 8.94. The van der Waals surface area contributed by atoms with Crippen molar-refractivity contribution in [1.29, 1.82) is 0 Å². The molecule has 3 heteroatoms. The van der Waals surface area contributed by atoms with E-state index in [-0.39, 0.29) is 0 Å². The van der Waals surface area contributed by atoms with Crippen molar-refractivity contribution in [2.75, 3.05) is 26.7 Å². The fraction of sp³-hybridized carbons (Fsp3) is 0.800. The fourth-order valence-electron chi connectivity index (χ4n) is 0.936. The van der Waals surface area contributed by atoms with Crippen molar-refractivity contribution in [2.24, 2.45) is 0 Å². The Labute approximate surface area is 86.9 Å². The van der Waals surface area contributed by atoms with Crippen LogP contribution >= 0.6 is 11.6 Å². The monoisotopic (exact) mass is 204 g/mol. The second kappa shape index (κ2) is 7.36. The van der Waals surface area contributed by atoms with E-state index in [4.69, 9.17) is 11.6 Å². The predicted octanol–water partition coefficient (Wildman–Crippen LogP) is 2.06. The fourth-order valence-corrected chi connectivity index (χ4v) is 1.03. The molecule has 0 aromatic heterocycles. The zero-order chi connectivity index (χ0) is 10.3. The van der Waals surface area contributed by atoms with Crippen LogP contribution in [-0.2, 0) is 0 Å². The number of hydrogen-bond donors (Lipinski definition) is 1. The van der Waals surface area contributed by atoms with Gasteiger partial charge in [0.1, 0.15) is 0 Å². The lowest BCUT2D eigenvalue weighted by atomic mass is 10.3. The van der Waals surface area contributed by atoms with Crippen molar-refractivity contribution in [3.8, 4) is 0 Å². The Kier molecular flexibility index (Phi) is 7.33. The minimum Gasteiger partial charge on any atom is -0.312 e. The molecule has 2 nitrogen and oxygen atoms in total. The maximum Gasteiger partial charge on any atom is 0.0307 e. The summed E-state index contributed by atoms with van der Waals surface area (Å²) >= 11 is 5.60. The average molecular weight is 205 g/mol. The van der Waals surface area contributed by atoms with Gasteiger partial charge in [0.2, 0.25) is 0 Å². The Morgan fingerprint density at radius 3 is 2.62 bits per heavy atom. The van der Waals surface area contributed by atoms with E-state index in [1.54, 1.807) is 0 Å². The van der Waals surface area contributed by atoms with Gasteiger partial charge in [0.25, 0.3) is 0 Å². The molecule has 0 fully saturated rings. The highest BCUT2D eigenvalue weighted by Gasteiger charge is 2.01. The lowest BCUT2D eigenvalue weighted by Gasteiger charge is -2.20. The molecule has 0 radical (unpaired) electrons. The van der Waals surface area contributed by atoms with E-state index in [1.807, 2.05) is 0 Å². The first-order valence-electron chi connectivity index (χ1n) is 4.78. The summed E-state index contributed by atoms with van der Waals surface area (Å²) < 4.78 is 0. The molecular formula is C10H21ClN2. The van der Waals surface area contributed by atoms with E-state index in [1.165, 1.54) is 0 Å². The lowest BCUT2D eigenvalue weighted by Crippen LogP contribution is -2.29. The van der Waals surface area contributed by atoms with Gasteiger partial charge in [-0.1, -0.05) is 18.2 Å². The Bertz CT molecular complexity index is 146. The number of nitrogens with one attached hydrogen (secondary N) is 1. The molecule has 0 saturated heterocycles. The number of nitrogens with zero attached hydrogens (tertiary/aromatic N) is 1. The van der Waals surface area contributed by atoms with Crippen molar-refractivity contribution < 1.29 is 0 Å². The minimum absolute atomic E-state index is 0.628. The topological polar surface area (TPSA) is 15.3 Å². The van der Waals surface area contributed by atoms with Crippen LogP contribution in [0, 0.1) is 0 Å². The van der Waals surface area contributed by atoms with Gasteiger partial charge in [-0.25, -0.2) is 0 Å². The summed E-state index contributed by atoms with van der Waals surface area (Å²) in [7, 11) is 2.14. The van der Waals surface area contributed by atoms with E-state index < -0.39 is 0 Å². The molecule has 0 bridgehead atoms. The molecule has 0 aromatic rings. The third-order valence-corrected chi connectivity index (χ3v) is 2.20. The zero-order valence-corrected chi connectivity index (χ0v) is 9.69. The molecule has 0 aliphatic rings. The minimum atomic E-state index is 0.628. The van der Waals surface area contributed by atoms with Crippen LogP contribution in [0.3, 0.4) is 0 Å². The molecule has 78 valence electrons. The highest BCUT2D eigenvalue weighted by atomic mass is 35.5. The molecule has 0 aliphatic heterocycles. The number of halogens is 1. The molecule has 0 saturated carbocycles. The SMILES string of the molecule is C=C(Cl)CNCCCN(C)C(C)C. The van der Waals surface area contributed by atoms with Crippen LogP contribution in [0.1, 0.15) is 20.3 Å². The summed E-state index contributed by atoms with van der Waals surface area (Å²) in [6.07, 6.45) is 1.15. The molecule has 0 unspecified atom stereocenters. The van der Waals surface area contributed by atoms with Crippen molar-refractivity contribution in [3.63, 3.8) is 0 Å². The van der Waals surface area contributed by atoms with Gasteiger partial charge >= 0.3 is 0 Å². The van der Waals surface area contributed by atoms with Crippen molar-refractivity contribution in [2.45, 2.75) is 26.3 Å². The van der Waals surface area contributed by atoms with Crippen LogP contribution in [0.4, 0.5) is 0 Å². The van der Waals surface area contributed by atoms with E-state index in [2.05, 4.69) is 37.7 Å². The maximum atomic E-state index is 5.60. The first-order chi connectivity index (χ1) is 6.04. The summed E-state index contributed by atoms with van der Waals surface area (Å²) in [5, 5.41) is 3.90. The van der Waals surface area contributed by atoms with Gasteiger partial charge in [0.15, 0.2) is 0 Å². The second-order valence-corrected chi connectivity index (χ2v) is 4.16. The highest BCUT2D eigenvalue weighted by molar-refractivity contribution is 6.29. The number of hydrogen-bond acceptors (Lipinski definition) is 2. The highest BCUT2D eigenvalue weighted by Crippen LogP contribution is 1.95. The molecule has 0 heterocycles. The first-order valence-corrected chi connectivity index (χ1v) is 5.16. The third-order valence-electron chi connectivity index (χ3n) is 2.06. The molecule has 0 aromatic carbocycles. The average Bonchev–Trinajstić information content (AvgIpc) is 2.02. The van der Waals surface area contributed by atoms with Crippen molar-refractivity contribution >= 4 is 11.6 Å². The van der Waals surface area contributed by atoms with Gasteiger partial charge in [0.05, 0.1) is 0 Å². The molecular weight excluding hydrogens is 184 g/mol. The van der Waals surface area contributed by atoms with Crippen LogP contribution in [0.15, 0.2) is 11.6 Å². The maximum absolute atomic E-state index is 5.60. The van der Waals surface area contributed by atoms with E-state index in [0.717, 1.165) is 19.5 Å². The molecule has 0 spiro atoms. The normalized spacial score (nSPS) is 11.2. The third kappa shape index (κ3) is 8.28. The summed E-state index contributed by atoms with van der Waals surface area (Å²) in [5.74, 6) is 0. The van der Waals surface area contributed by atoms with Crippen molar-refractivity contribution in [1.82, 2.24) is 10.2 Å². The summed E-state index contributed by atoms with van der Waals surface area (Å²) in [6, 6.07) is 0.628. The molecule has 0 aliphatic carbocycles. The van der Waals surface area contributed by atoms with Gasteiger partial charge in [-0.3, -0.25) is 0 Å². The Morgan fingerprint density at radius 1 is 1.54 bits per heavy atom.